The molecule has 0 spiro atoms. The normalized spacial score (nSPS) is 8.70. The van der Waals surface area contributed by atoms with Crippen molar-refractivity contribution in [1.29, 1.82) is 0 Å². The van der Waals surface area contributed by atoms with Crippen molar-refractivity contribution in [2.24, 2.45) is 0 Å². The molecule has 0 aromatic carbocycles. The van der Waals surface area contributed by atoms with Crippen LogP contribution in [0.15, 0.2) is 18.3 Å². The molecule has 5 heteroatoms. The second kappa shape index (κ2) is 3.95. The number of pyridine rings is 1. The van der Waals surface area contributed by atoms with Gasteiger partial charge in [0.15, 0.2) is 0 Å². The van der Waals surface area contributed by atoms with Crippen LogP contribution in [0.1, 0.15) is 0 Å². The molecule has 0 amide bonds. The molecule has 1 aromatic rings. The van der Waals surface area contributed by atoms with Crippen LogP contribution in [-0.2, 0) is 0 Å². The van der Waals surface area contributed by atoms with E-state index in [1.165, 1.54) is 0 Å². The molecule has 0 saturated carbocycles. The van der Waals surface area contributed by atoms with E-state index in [0.717, 1.165) is 18.3 Å². The van der Waals surface area contributed by atoms with Crippen LogP contribution in [0.25, 0.3) is 0 Å². The van der Waals surface area contributed by atoms with E-state index in [1.54, 1.807) is 0 Å². The minimum absolute atomic E-state index is 0. The average Bonchev–Trinajstić information content (AvgIpc) is 1.83. The van der Waals surface area contributed by atoms with Crippen LogP contribution in [0.5, 0.6) is 0 Å². The molecule has 48 valence electrons. The molecule has 0 aliphatic rings. The summed E-state index contributed by atoms with van der Waals surface area (Å²) >= 11 is 0. The molecular weight excluding hydrogens is 154 g/mol. The Balaban J connectivity index is 0.000000810. The number of hydrogen-bond donors (Lipinski definition) is 0. The smallest absolute Gasteiger partial charge is 0.197 e. The first-order chi connectivity index (χ1) is 4.22. The van der Waals surface area contributed by atoms with Crippen molar-refractivity contribution in [2.45, 2.75) is 0 Å². The van der Waals surface area contributed by atoms with Gasteiger partial charge in [0.25, 0.3) is 0 Å². The van der Waals surface area contributed by atoms with Crippen LogP contribution in [0.3, 0.4) is 0 Å². The molecule has 10 heavy (non-hydrogen) atoms. The fourth-order valence-electron chi connectivity index (χ4n) is 0.439. The number of halogens is 3. The van der Waals surface area contributed by atoms with Crippen molar-refractivity contribution in [3.8, 4) is 0 Å². The van der Waals surface area contributed by atoms with Crippen LogP contribution in [0, 0.1) is 11.8 Å². The Labute approximate surface area is 77.7 Å². The van der Waals surface area contributed by atoms with Gasteiger partial charge in [-0.3, -0.25) is 0 Å². The van der Waals surface area contributed by atoms with Crippen molar-refractivity contribution in [3.05, 3.63) is 30.1 Å². The van der Waals surface area contributed by atoms with E-state index in [1.807, 2.05) is 0 Å². The van der Waals surface area contributed by atoms with Crippen LogP contribution in [0.2, 0.25) is 0 Å². The Hall–Kier alpha value is -0.0600. The summed E-state index contributed by atoms with van der Waals surface area (Å²) in [5.74, 6) is -2.70. The van der Waals surface area contributed by atoms with E-state index in [9.17, 15) is 13.3 Å². The third-order valence-corrected chi connectivity index (χ3v) is 0.844. The Bertz CT molecular complexity index is 208. The number of rotatable bonds is 0. The summed E-state index contributed by atoms with van der Waals surface area (Å²) in [5.41, 5.74) is 0. The molecule has 0 saturated heterocycles. The first kappa shape index (κ1) is 9.94. The quantitative estimate of drug-likeness (QED) is 0.302. The van der Waals surface area contributed by atoms with E-state index in [-0.39, 0.29) is 29.6 Å². The molecule has 1 rings (SSSR count). The van der Waals surface area contributed by atoms with Crippen molar-refractivity contribution in [3.63, 3.8) is 0 Å². The molecule has 1 nitrogen and oxygen atoms in total. The summed E-state index contributed by atoms with van der Waals surface area (Å²) in [7, 11) is 0. The zero-order valence-corrected chi connectivity index (χ0v) is 7.31. The van der Waals surface area contributed by atoms with Crippen LogP contribution >= 0.6 is 0 Å². The van der Waals surface area contributed by atoms with Gasteiger partial charge in [-0.25, -0.2) is 0 Å². The van der Waals surface area contributed by atoms with Crippen molar-refractivity contribution in [2.75, 3.05) is 0 Å². The Morgan fingerprint density at radius 1 is 1.30 bits per heavy atom. The minimum atomic E-state index is -1.50. The molecule has 0 radical (unpaired) electrons. The monoisotopic (exact) mass is 157 g/mol. The second-order valence-electron chi connectivity index (χ2n) is 1.46. The third-order valence-electron chi connectivity index (χ3n) is 0.844. The molecule has 0 fully saturated rings. The van der Waals surface area contributed by atoms with Gasteiger partial charge in [0.2, 0.25) is 12.0 Å². The Kier molecular flexibility index (Phi) is 3.93. The molecular formula is C5H3F3NNa+2. The first-order valence-corrected chi connectivity index (χ1v) is 2.23. The number of aromatic nitrogens is 1. The Morgan fingerprint density at radius 3 is 2.30 bits per heavy atom. The summed E-state index contributed by atoms with van der Waals surface area (Å²) in [5, 5.41) is 0. The standard InChI is InChI=1S/C5H3F3N.Na/c6-4-2-1-3-9(8)5(4)7;/h1-3H;/q2*+1. The molecule has 1 heterocycles. The van der Waals surface area contributed by atoms with E-state index in [2.05, 4.69) is 0 Å². The SMILES string of the molecule is Fc1ccc[n+](F)c1F.[Na+]. The maximum absolute atomic E-state index is 11.9. The van der Waals surface area contributed by atoms with Gasteiger partial charge < -0.3 is 0 Å². The molecule has 0 aliphatic heterocycles. The average molecular weight is 157 g/mol. The van der Waals surface area contributed by atoms with Crippen LogP contribution in [0.4, 0.5) is 13.3 Å². The van der Waals surface area contributed by atoms with Gasteiger partial charge >= 0.3 is 35.5 Å². The maximum Gasteiger partial charge on any atom is 1.00 e. The van der Waals surface area contributed by atoms with Gasteiger partial charge in [-0.1, -0.05) is 0 Å². The third kappa shape index (κ3) is 1.97. The van der Waals surface area contributed by atoms with E-state index in [0.29, 0.717) is 0 Å². The van der Waals surface area contributed by atoms with Gasteiger partial charge in [-0.15, -0.1) is 4.39 Å². The molecule has 0 atom stereocenters. The fourth-order valence-corrected chi connectivity index (χ4v) is 0.439. The van der Waals surface area contributed by atoms with Gasteiger partial charge in [0.05, 0.1) is 9.27 Å². The first-order valence-electron chi connectivity index (χ1n) is 2.23. The van der Waals surface area contributed by atoms with E-state index >= 15 is 0 Å². The minimum Gasteiger partial charge on any atom is -0.197 e. The topological polar surface area (TPSA) is 3.88 Å². The predicted molar refractivity (Wildman–Crippen MR) is 23.1 cm³/mol. The van der Waals surface area contributed by atoms with E-state index in [4.69, 9.17) is 0 Å². The summed E-state index contributed by atoms with van der Waals surface area (Å²) < 4.78 is 35.8. The van der Waals surface area contributed by atoms with Crippen LogP contribution < -0.4 is 34.3 Å². The number of hydrogen-bond acceptors (Lipinski definition) is 0. The summed E-state index contributed by atoms with van der Waals surface area (Å²) in [6, 6.07) is 1.91. The zero-order chi connectivity index (χ0) is 6.85. The fraction of sp³-hybridized carbons (Fsp3) is 0. The molecule has 0 N–H and O–H groups in total. The molecule has 0 bridgehead atoms. The van der Waals surface area contributed by atoms with Crippen LogP contribution in [-0.4, -0.2) is 0 Å². The zero-order valence-electron chi connectivity index (χ0n) is 5.31. The van der Waals surface area contributed by atoms with Gasteiger partial charge in [-0.05, 0) is 6.07 Å². The molecule has 1 aromatic heterocycles. The van der Waals surface area contributed by atoms with Gasteiger partial charge in [-0.2, -0.15) is 4.39 Å². The van der Waals surface area contributed by atoms with Crippen molar-refractivity contribution < 1.29 is 47.6 Å². The summed E-state index contributed by atoms with van der Waals surface area (Å²) in [6.45, 7) is 0. The predicted octanol–water partition coefficient (Wildman–Crippen LogP) is -2.01. The number of nitrogens with zero attached hydrogens (tertiary/aromatic N) is 1. The maximum atomic E-state index is 11.9. The van der Waals surface area contributed by atoms with Gasteiger partial charge in [0.1, 0.15) is 0 Å². The van der Waals surface area contributed by atoms with Crippen molar-refractivity contribution >= 4 is 0 Å². The molecule has 0 aliphatic carbocycles. The summed E-state index contributed by atoms with van der Waals surface area (Å²) in [6.07, 6.45) is 0.776. The van der Waals surface area contributed by atoms with Gasteiger partial charge in [0, 0.05) is 6.07 Å². The molecule has 0 unspecified atom stereocenters. The summed E-state index contributed by atoms with van der Waals surface area (Å²) in [4.78, 5) is -0.421. The van der Waals surface area contributed by atoms with E-state index < -0.39 is 16.6 Å². The second-order valence-corrected chi connectivity index (χ2v) is 1.46. The largest absolute Gasteiger partial charge is 1.00 e. The van der Waals surface area contributed by atoms with Crippen molar-refractivity contribution in [1.82, 2.24) is 0 Å². The Morgan fingerprint density at radius 2 is 1.90 bits per heavy atom.